The molecule has 2 aromatic rings. The lowest BCUT2D eigenvalue weighted by Gasteiger charge is -2.22. The average Bonchev–Trinajstić information content (AvgIpc) is 2.97. The van der Waals surface area contributed by atoms with Crippen molar-refractivity contribution in [2.24, 2.45) is 0 Å². The van der Waals surface area contributed by atoms with Crippen LogP contribution in [0.3, 0.4) is 0 Å². The lowest BCUT2D eigenvalue weighted by atomic mass is 10.0. The molecular weight excluding hydrogens is 270 g/mol. The molecule has 1 aliphatic rings. The molecule has 3 rings (SSSR count). The van der Waals surface area contributed by atoms with E-state index >= 15 is 0 Å². The van der Waals surface area contributed by atoms with E-state index in [2.05, 4.69) is 67.7 Å². The van der Waals surface area contributed by atoms with Crippen molar-refractivity contribution in [1.29, 1.82) is 0 Å². The Balaban J connectivity index is 1.78. The van der Waals surface area contributed by atoms with Gasteiger partial charge in [0.25, 0.3) is 0 Å². The molecule has 0 saturated heterocycles. The number of hydrogen-bond acceptors (Lipinski definition) is 2. The van der Waals surface area contributed by atoms with Gasteiger partial charge in [-0.25, -0.2) is 0 Å². The predicted octanol–water partition coefficient (Wildman–Crippen LogP) is 4.81. The maximum atomic E-state index is 5.98. The molecule has 0 amide bonds. The van der Waals surface area contributed by atoms with Gasteiger partial charge in [0.05, 0.1) is 6.61 Å². The molecule has 2 nitrogen and oxygen atoms in total. The number of ether oxygens (including phenoxy) is 1. The van der Waals surface area contributed by atoms with E-state index in [9.17, 15) is 0 Å². The summed E-state index contributed by atoms with van der Waals surface area (Å²) in [5, 5.41) is 3.79. The second-order valence-electron chi connectivity index (χ2n) is 6.07. The fourth-order valence-corrected chi connectivity index (χ4v) is 3.29. The molecule has 2 atom stereocenters. The molecule has 0 radical (unpaired) electrons. The van der Waals surface area contributed by atoms with Crippen LogP contribution in [0.15, 0.2) is 48.5 Å². The number of aryl methyl sites for hydroxylation is 1. The van der Waals surface area contributed by atoms with Crippen molar-refractivity contribution in [3.05, 3.63) is 65.2 Å². The Kier molecular flexibility index (Phi) is 4.79. The first-order valence-corrected chi connectivity index (χ1v) is 8.35. The zero-order chi connectivity index (χ0) is 15.4. The van der Waals surface area contributed by atoms with E-state index in [1.54, 1.807) is 0 Å². The number of fused-ring (bicyclic) bond motifs is 1. The molecule has 1 aliphatic carbocycles. The first-order valence-electron chi connectivity index (χ1n) is 8.35. The fourth-order valence-electron chi connectivity index (χ4n) is 3.29. The van der Waals surface area contributed by atoms with E-state index in [1.165, 1.54) is 16.7 Å². The van der Waals surface area contributed by atoms with Gasteiger partial charge in [0.15, 0.2) is 0 Å². The van der Waals surface area contributed by atoms with E-state index in [4.69, 9.17) is 4.74 Å². The molecule has 1 N–H and O–H groups in total. The Morgan fingerprint density at radius 2 is 1.95 bits per heavy atom. The fraction of sp³-hybridized carbons (Fsp3) is 0.400. The summed E-state index contributed by atoms with van der Waals surface area (Å²) in [4.78, 5) is 0. The Morgan fingerprint density at radius 3 is 2.73 bits per heavy atom. The third-order valence-corrected chi connectivity index (χ3v) is 4.42. The van der Waals surface area contributed by atoms with E-state index in [0.29, 0.717) is 12.1 Å². The number of benzene rings is 2. The van der Waals surface area contributed by atoms with Gasteiger partial charge in [0.1, 0.15) is 5.75 Å². The minimum Gasteiger partial charge on any atom is -0.493 e. The summed E-state index contributed by atoms with van der Waals surface area (Å²) >= 11 is 0. The highest BCUT2D eigenvalue weighted by Crippen LogP contribution is 2.39. The minimum atomic E-state index is 0.344. The molecule has 0 aliphatic heterocycles. The van der Waals surface area contributed by atoms with Crippen LogP contribution in [0.2, 0.25) is 0 Å². The first kappa shape index (κ1) is 15.1. The van der Waals surface area contributed by atoms with E-state index in [1.807, 2.05) is 0 Å². The summed E-state index contributed by atoms with van der Waals surface area (Å²) < 4.78 is 5.98. The SMILES string of the molecule is CCCOc1cccc2c1[C@@H](N[C@@H](C)c1ccccc1)CC2. The third-order valence-electron chi connectivity index (χ3n) is 4.42. The normalized spacial score (nSPS) is 18.0. The Labute approximate surface area is 133 Å². The summed E-state index contributed by atoms with van der Waals surface area (Å²) in [5.41, 5.74) is 4.15. The second kappa shape index (κ2) is 6.97. The molecule has 2 aromatic carbocycles. The smallest absolute Gasteiger partial charge is 0.124 e. The van der Waals surface area contributed by atoms with E-state index < -0.39 is 0 Å². The molecule has 0 heterocycles. The highest BCUT2D eigenvalue weighted by molar-refractivity contribution is 5.46. The van der Waals surface area contributed by atoms with Gasteiger partial charge in [-0.1, -0.05) is 49.4 Å². The van der Waals surface area contributed by atoms with Crippen molar-refractivity contribution < 1.29 is 4.74 Å². The first-order chi connectivity index (χ1) is 10.8. The molecule has 0 saturated carbocycles. The van der Waals surface area contributed by atoms with Crippen LogP contribution >= 0.6 is 0 Å². The minimum absolute atomic E-state index is 0.344. The summed E-state index contributed by atoms with van der Waals surface area (Å²) in [6.07, 6.45) is 3.33. The van der Waals surface area contributed by atoms with Gasteiger partial charge < -0.3 is 10.1 Å². The standard InChI is InChI=1S/C20H25NO/c1-3-14-22-19-11-7-10-17-12-13-18(20(17)19)21-15(2)16-8-5-4-6-9-16/h4-11,15,18,21H,3,12-14H2,1-2H3/t15-,18-/m0/s1. The molecule has 2 heteroatoms. The molecule has 116 valence electrons. The molecule has 22 heavy (non-hydrogen) atoms. The lowest BCUT2D eigenvalue weighted by Crippen LogP contribution is -2.23. The largest absolute Gasteiger partial charge is 0.493 e. The van der Waals surface area contributed by atoms with Gasteiger partial charge in [-0.2, -0.15) is 0 Å². The Bertz CT molecular complexity index is 608. The Hall–Kier alpha value is -1.80. The van der Waals surface area contributed by atoms with E-state index in [0.717, 1.165) is 31.6 Å². The number of nitrogens with one attached hydrogen (secondary N) is 1. The van der Waals surface area contributed by atoms with Gasteiger partial charge in [0.2, 0.25) is 0 Å². The zero-order valence-electron chi connectivity index (χ0n) is 13.5. The molecular formula is C20H25NO. The molecule has 0 bridgehead atoms. The van der Waals surface area contributed by atoms with Gasteiger partial charge in [-0.3, -0.25) is 0 Å². The maximum Gasteiger partial charge on any atom is 0.124 e. The van der Waals surface area contributed by atoms with Crippen LogP contribution in [0.25, 0.3) is 0 Å². The van der Waals surface area contributed by atoms with Crippen LogP contribution in [0.4, 0.5) is 0 Å². The molecule has 0 aromatic heterocycles. The summed E-state index contributed by atoms with van der Waals surface area (Å²) in [6, 6.07) is 17.8. The molecule has 0 fully saturated rings. The van der Waals surface area contributed by atoms with Crippen LogP contribution < -0.4 is 10.1 Å². The quantitative estimate of drug-likeness (QED) is 0.825. The van der Waals surface area contributed by atoms with Crippen molar-refractivity contribution in [2.75, 3.05) is 6.61 Å². The lowest BCUT2D eigenvalue weighted by molar-refractivity contribution is 0.309. The number of rotatable bonds is 6. The van der Waals surface area contributed by atoms with Crippen molar-refractivity contribution >= 4 is 0 Å². The van der Waals surface area contributed by atoms with Crippen LogP contribution in [-0.2, 0) is 6.42 Å². The molecule has 0 spiro atoms. The summed E-state index contributed by atoms with van der Waals surface area (Å²) in [6.45, 7) is 5.18. The zero-order valence-corrected chi connectivity index (χ0v) is 13.5. The van der Waals surface area contributed by atoms with Crippen LogP contribution in [0.1, 0.15) is 55.5 Å². The van der Waals surface area contributed by atoms with E-state index in [-0.39, 0.29) is 0 Å². The van der Waals surface area contributed by atoms with Crippen molar-refractivity contribution in [2.45, 2.75) is 45.2 Å². The second-order valence-corrected chi connectivity index (χ2v) is 6.07. The summed E-state index contributed by atoms with van der Waals surface area (Å²) in [7, 11) is 0. The van der Waals surface area contributed by atoms with Gasteiger partial charge >= 0.3 is 0 Å². The summed E-state index contributed by atoms with van der Waals surface area (Å²) in [5.74, 6) is 1.06. The third kappa shape index (κ3) is 3.17. The van der Waals surface area contributed by atoms with Crippen LogP contribution in [0.5, 0.6) is 5.75 Å². The predicted molar refractivity (Wildman–Crippen MR) is 91.3 cm³/mol. The van der Waals surface area contributed by atoms with Gasteiger partial charge in [-0.05, 0) is 43.4 Å². The highest BCUT2D eigenvalue weighted by Gasteiger charge is 2.27. The van der Waals surface area contributed by atoms with Crippen LogP contribution in [-0.4, -0.2) is 6.61 Å². The van der Waals surface area contributed by atoms with Gasteiger partial charge in [-0.15, -0.1) is 0 Å². The highest BCUT2D eigenvalue weighted by atomic mass is 16.5. The van der Waals surface area contributed by atoms with Gasteiger partial charge in [0, 0.05) is 17.6 Å². The maximum absolute atomic E-state index is 5.98. The number of hydrogen-bond donors (Lipinski definition) is 1. The van der Waals surface area contributed by atoms with Crippen molar-refractivity contribution in [3.63, 3.8) is 0 Å². The topological polar surface area (TPSA) is 21.3 Å². The average molecular weight is 295 g/mol. The van der Waals surface area contributed by atoms with Crippen LogP contribution in [0, 0.1) is 0 Å². The van der Waals surface area contributed by atoms with Crippen molar-refractivity contribution in [3.8, 4) is 5.75 Å². The Morgan fingerprint density at radius 1 is 1.14 bits per heavy atom. The monoisotopic (exact) mass is 295 g/mol. The molecule has 0 unspecified atom stereocenters. The van der Waals surface area contributed by atoms with Crippen molar-refractivity contribution in [1.82, 2.24) is 5.32 Å².